The molecule has 2 aromatic rings. The lowest BCUT2D eigenvalue weighted by molar-refractivity contribution is -0.148. The predicted molar refractivity (Wildman–Crippen MR) is 94.3 cm³/mol. The van der Waals surface area contributed by atoms with Gasteiger partial charge >= 0.3 is 5.97 Å². The molecule has 0 aliphatic heterocycles. The second-order valence-electron chi connectivity index (χ2n) is 5.48. The normalized spacial score (nSPS) is 13.4. The minimum Gasteiger partial charge on any atom is -0.455 e. The summed E-state index contributed by atoms with van der Waals surface area (Å²) in [6, 6.07) is 15.0. The van der Waals surface area contributed by atoms with Crippen molar-refractivity contribution in [3.05, 3.63) is 53.6 Å². The van der Waals surface area contributed by atoms with E-state index in [9.17, 15) is 9.59 Å². The molecule has 6 heteroatoms. The lowest BCUT2D eigenvalue weighted by Gasteiger charge is -2.11. The second kappa shape index (κ2) is 7.73. The van der Waals surface area contributed by atoms with Crippen LogP contribution in [0.1, 0.15) is 12.8 Å². The van der Waals surface area contributed by atoms with Gasteiger partial charge in [-0.25, -0.2) is 0 Å². The number of carbonyl (C=O) groups is 2. The molecule has 0 spiro atoms. The number of hydrogen-bond acceptors (Lipinski definition) is 4. The Morgan fingerprint density at radius 3 is 2.54 bits per heavy atom. The molecule has 1 amide bonds. The van der Waals surface area contributed by atoms with Crippen LogP contribution in [-0.4, -0.2) is 18.5 Å². The molecule has 0 heterocycles. The third-order valence-corrected chi connectivity index (χ3v) is 4.79. The number of anilines is 1. The van der Waals surface area contributed by atoms with Gasteiger partial charge in [-0.15, -0.1) is 0 Å². The number of esters is 1. The quantitative estimate of drug-likeness (QED) is 0.775. The zero-order valence-corrected chi connectivity index (χ0v) is 14.4. The van der Waals surface area contributed by atoms with Gasteiger partial charge in [0.2, 0.25) is 0 Å². The highest BCUT2D eigenvalue weighted by molar-refractivity contribution is 7.99. The van der Waals surface area contributed by atoms with Gasteiger partial charge in [-0.05, 0) is 49.2 Å². The summed E-state index contributed by atoms with van der Waals surface area (Å²) in [6.07, 6.45) is 1.72. The zero-order chi connectivity index (χ0) is 16.9. The fourth-order valence-electron chi connectivity index (χ4n) is 2.05. The highest BCUT2D eigenvalue weighted by atomic mass is 35.5. The molecule has 1 saturated carbocycles. The Balaban J connectivity index is 1.61. The topological polar surface area (TPSA) is 55.4 Å². The van der Waals surface area contributed by atoms with Crippen molar-refractivity contribution in [1.82, 2.24) is 0 Å². The van der Waals surface area contributed by atoms with Crippen molar-refractivity contribution < 1.29 is 14.3 Å². The maximum atomic E-state index is 12.0. The van der Waals surface area contributed by atoms with Gasteiger partial charge in [-0.3, -0.25) is 9.59 Å². The van der Waals surface area contributed by atoms with E-state index in [-0.39, 0.29) is 24.4 Å². The van der Waals surface area contributed by atoms with Crippen molar-refractivity contribution >= 4 is 40.9 Å². The third-order valence-electron chi connectivity index (χ3n) is 3.46. The van der Waals surface area contributed by atoms with E-state index in [0.717, 1.165) is 22.6 Å². The lowest BCUT2D eigenvalue weighted by Crippen LogP contribution is -2.21. The van der Waals surface area contributed by atoms with E-state index >= 15 is 0 Å². The molecule has 0 unspecified atom stereocenters. The average Bonchev–Trinajstić information content (AvgIpc) is 3.41. The van der Waals surface area contributed by atoms with E-state index in [2.05, 4.69) is 5.32 Å². The van der Waals surface area contributed by atoms with Gasteiger partial charge in [0.15, 0.2) is 6.61 Å². The van der Waals surface area contributed by atoms with Crippen molar-refractivity contribution in [2.24, 2.45) is 5.92 Å². The Hall–Kier alpha value is -1.98. The summed E-state index contributed by atoms with van der Waals surface area (Å²) in [7, 11) is 0. The monoisotopic (exact) mass is 361 g/mol. The molecule has 0 radical (unpaired) electrons. The largest absolute Gasteiger partial charge is 0.455 e. The summed E-state index contributed by atoms with van der Waals surface area (Å²) in [5.74, 6) is -0.632. The smallest absolute Gasteiger partial charge is 0.309 e. The minimum absolute atomic E-state index is 0.00875. The van der Waals surface area contributed by atoms with Crippen LogP contribution in [0.2, 0.25) is 5.02 Å². The van der Waals surface area contributed by atoms with Crippen molar-refractivity contribution in [2.75, 3.05) is 11.9 Å². The molecule has 1 fully saturated rings. The molecule has 1 N–H and O–H groups in total. The number of amides is 1. The number of nitrogens with one attached hydrogen (secondary N) is 1. The highest BCUT2D eigenvalue weighted by Gasteiger charge is 2.31. The zero-order valence-electron chi connectivity index (χ0n) is 12.8. The predicted octanol–water partition coefficient (Wildman–Crippen LogP) is 4.38. The molecular formula is C18H16ClNO3S. The van der Waals surface area contributed by atoms with Crippen LogP contribution in [0.25, 0.3) is 0 Å². The maximum absolute atomic E-state index is 12.0. The van der Waals surface area contributed by atoms with E-state index in [1.54, 1.807) is 0 Å². The van der Waals surface area contributed by atoms with Crippen molar-refractivity contribution in [1.29, 1.82) is 0 Å². The van der Waals surface area contributed by atoms with Gasteiger partial charge < -0.3 is 10.1 Å². The van der Waals surface area contributed by atoms with E-state index in [1.807, 2.05) is 48.5 Å². The molecule has 1 aliphatic carbocycles. The Labute approximate surface area is 149 Å². The van der Waals surface area contributed by atoms with Gasteiger partial charge in [0.25, 0.3) is 5.91 Å². The molecule has 4 nitrogen and oxygen atoms in total. The molecule has 2 aromatic carbocycles. The summed E-state index contributed by atoms with van der Waals surface area (Å²) in [6.45, 7) is -0.255. The Morgan fingerprint density at radius 2 is 1.83 bits per heavy atom. The van der Waals surface area contributed by atoms with Crippen LogP contribution < -0.4 is 5.32 Å². The van der Waals surface area contributed by atoms with E-state index < -0.39 is 0 Å². The first kappa shape index (κ1) is 16.9. The van der Waals surface area contributed by atoms with E-state index in [1.165, 1.54) is 11.8 Å². The Morgan fingerprint density at radius 1 is 1.12 bits per heavy atom. The molecular weight excluding hydrogens is 346 g/mol. The minimum atomic E-state index is -0.340. The fourth-order valence-corrected chi connectivity index (χ4v) is 3.08. The van der Waals surface area contributed by atoms with Crippen LogP contribution in [-0.2, 0) is 14.3 Å². The van der Waals surface area contributed by atoms with Gasteiger partial charge in [0.1, 0.15) is 0 Å². The molecule has 0 atom stereocenters. The SMILES string of the molecule is O=C(COC(=O)C1CC1)Nc1ccccc1Sc1ccc(Cl)cc1. The third kappa shape index (κ3) is 4.76. The first-order chi connectivity index (χ1) is 11.6. The number of ether oxygens (including phenoxy) is 1. The lowest BCUT2D eigenvalue weighted by atomic mass is 10.3. The molecule has 124 valence electrons. The maximum Gasteiger partial charge on any atom is 0.309 e. The molecule has 0 bridgehead atoms. The summed E-state index contributed by atoms with van der Waals surface area (Å²) < 4.78 is 5.00. The van der Waals surface area contributed by atoms with E-state index in [4.69, 9.17) is 16.3 Å². The average molecular weight is 362 g/mol. The van der Waals surface area contributed by atoms with Crippen molar-refractivity contribution in [3.63, 3.8) is 0 Å². The molecule has 1 aliphatic rings. The number of para-hydroxylation sites is 1. The number of hydrogen-bond donors (Lipinski definition) is 1. The summed E-state index contributed by atoms with van der Waals surface area (Å²) in [4.78, 5) is 25.4. The van der Waals surface area contributed by atoms with Gasteiger partial charge in [0, 0.05) is 14.8 Å². The molecule has 0 saturated heterocycles. The van der Waals surface area contributed by atoms with Crippen LogP contribution in [0, 0.1) is 5.92 Å². The molecule has 24 heavy (non-hydrogen) atoms. The summed E-state index contributed by atoms with van der Waals surface area (Å²) in [5.41, 5.74) is 0.685. The highest BCUT2D eigenvalue weighted by Crippen LogP contribution is 2.34. The van der Waals surface area contributed by atoms with E-state index in [0.29, 0.717) is 10.7 Å². The Kier molecular flexibility index (Phi) is 5.43. The van der Waals surface area contributed by atoms with Crippen molar-refractivity contribution in [3.8, 4) is 0 Å². The number of carbonyl (C=O) groups excluding carboxylic acids is 2. The number of halogens is 1. The van der Waals surface area contributed by atoms with Gasteiger partial charge in [-0.1, -0.05) is 35.5 Å². The van der Waals surface area contributed by atoms with Crippen LogP contribution in [0.15, 0.2) is 58.3 Å². The fraction of sp³-hybridized carbons (Fsp3) is 0.222. The van der Waals surface area contributed by atoms with Gasteiger partial charge in [-0.2, -0.15) is 0 Å². The second-order valence-corrected chi connectivity index (χ2v) is 7.03. The van der Waals surface area contributed by atoms with Crippen LogP contribution in [0.4, 0.5) is 5.69 Å². The van der Waals surface area contributed by atoms with Gasteiger partial charge in [0.05, 0.1) is 11.6 Å². The first-order valence-corrected chi connectivity index (χ1v) is 8.80. The van der Waals surface area contributed by atoms with Crippen LogP contribution in [0.3, 0.4) is 0 Å². The van der Waals surface area contributed by atoms with Crippen LogP contribution >= 0.6 is 23.4 Å². The first-order valence-electron chi connectivity index (χ1n) is 7.61. The Bertz CT molecular complexity index is 744. The molecule has 3 rings (SSSR count). The van der Waals surface area contributed by atoms with Crippen molar-refractivity contribution in [2.45, 2.75) is 22.6 Å². The number of rotatable bonds is 6. The summed E-state index contributed by atoms with van der Waals surface area (Å²) in [5, 5.41) is 3.47. The summed E-state index contributed by atoms with van der Waals surface area (Å²) >= 11 is 7.42. The standard InChI is InChI=1S/C18H16ClNO3S/c19-13-7-9-14(10-8-13)24-16-4-2-1-3-15(16)20-17(21)11-23-18(22)12-5-6-12/h1-4,7-10,12H,5-6,11H2,(H,20,21). The van der Waals surface area contributed by atoms with Crippen LogP contribution in [0.5, 0.6) is 0 Å². The molecule has 0 aromatic heterocycles. The number of benzene rings is 2.